The van der Waals surface area contributed by atoms with Crippen LogP contribution in [-0.4, -0.2) is 30.0 Å². The topological polar surface area (TPSA) is 42.1 Å². The molecule has 3 nitrogen and oxygen atoms in total. The maximum Gasteiger partial charge on any atom is 0.0685 e. The molecule has 2 N–H and O–H groups in total. The molecule has 13 heavy (non-hydrogen) atoms. The van der Waals surface area contributed by atoms with E-state index in [0.29, 0.717) is 6.54 Å². The Bertz CT molecular complexity index is 265. The predicted octanol–water partition coefficient (Wildman–Crippen LogP) is 1.23. The first-order valence-electron chi connectivity index (χ1n) is 4.22. The van der Waals surface area contributed by atoms with Gasteiger partial charge in [0.15, 0.2) is 0 Å². The summed E-state index contributed by atoms with van der Waals surface area (Å²) in [5, 5.41) is 0. The second-order valence-corrected chi connectivity index (χ2v) is 3.81. The molecule has 0 aromatic carbocycles. The van der Waals surface area contributed by atoms with Crippen molar-refractivity contribution in [1.82, 2.24) is 9.88 Å². The Kier molecular flexibility index (Phi) is 4.35. The Balaban J connectivity index is 2.58. The Morgan fingerprint density at radius 2 is 2.38 bits per heavy atom. The van der Waals surface area contributed by atoms with Crippen molar-refractivity contribution in [2.75, 3.05) is 20.1 Å². The minimum absolute atomic E-state index is 0.682. The van der Waals surface area contributed by atoms with E-state index in [4.69, 9.17) is 5.73 Å². The normalized spacial score (nSPS) is 10.8. The highest BCUT2D eigenvalue weighted by Gasteiger charge is 2.03. The lowest BCUT2D eigenvalue weighted by molar-refractivity contribution is 0.331. The average molecular weight is 244 g/mol. The molecule has 0 saturated heterocycles. The molecular weight excluding hydrogens is 230 g/mol. The van der Waals surface area contributed by atoms with Crippen LogP contribution < -0.4 is 5.73 Å². The SMILES string of the molecule is CN(CCN)Cc1ncccc1Br. The summed E-state index contributed by atoms with van der Waals surface area (Å²) in [6.07, 6.45) is 1.80. The van der Waals surface area contributed by atoms with E-state index in [1.165, 1.54) is 0 Å². The van der Waals surface area contributed by atoms with E-state index < -0.39 is 0 Å². The average Bonchev–Trinajstić information content (AvgIpc) is 2.09. The van der Waals surface area contributed by atoms with Gasteiger partial charge < -0.3 is 5.73 Å². The highest BCUT2D eigenvalue weighted by Crippen LogP contribution is 2.14. The quantitative estimate of drug-likeness (QED) is 0.866. The largest absolute Gasteiger partial charge is 0.329 e. The molecule has 0 amide bonds. The van der Waals surface area contributed by atoms with E-state index >= 15 is 0 Å². The molecule has 0 radical (unpaired) electrons. The molecule has 1 heterocycles. The Hall–Kier alpha value is -0.450. The van der Waals surface area contributed by atoms with Gasteiger partial charge in [-0.3, -0.25) is 9.88 Å². The fourth-order valence-electron chi connectivity index (χ4n) is 1.09. The van der Waals surface area contributed by atoms with Gasteiger partial charge in [-0.15, -0.1) is 0 Å². The summed E-state index contributed by atoms with van der Waals surface area (Å²) >= 11 is 3.46. The number of hydrogen-bond donors (Lipinski definition) is 1. The summed E-state index contributed by atoms with van der Waals surface area (Å²) in [7, 11) is 2.04. The van der Waals surface area contributed by atoms with Gasteiger partial charge in [-0.05, 0) is 35.1 Å². The van der Waals surface area contributed by atoms with Crippen LogP contribution in [0.2, 0.25) is 0 Å². The van der Waals surface area contributed by atoms with E-state index in [2.05, 4.69) is 25.8 Å². The molecule has 4 heteroatoms. The van der Waals surface area contributed by atoms with Crippen molar-refractivity contribution in [3.8, 4) is 0 Å². The fourth-order valence-corrected chi connectivity index (χ4v) is 1.47. The number of aromatic nitrogens is 1. The highest BCUT2D eigenvalue weighted by atomic mass is 79.9. The van der Waals surface area contributed by atoms with Crippen molar-refractivity contribution in [2.24, 2.45) is 5.73 Å². The third-order valence-electron chi connectivity index (χ3n) is 1.77. The summed E-state index contributed by atoms with van der Waals surface area (Å²) in [4.78, 5) is 6.42. The van der Waals surface area contributed by atoms with Crippen LogP contribution in [0, 0.1) is 0 Å². The van der Waals surface area contributed by atoms with Crippen molar-refractivity contribution in [3.63, 3.8) is 0 Å². The molecule has 1 rings (SSSR count). The highest BCUT2D eigenvalue weighted by molar-refractivity contribution is 9.10. The predicted molar refractivity (Wildman–Crippen MR) is 57.3 cm³/mol. The van der Waals surface area contributed by atoms with Crippen LogP contribution in [0.3, 0.4) is 0 Å². The number of rotatable bonds is 4. The van der Waals surface area contributed by atoms with Gasteiger partial charge >= 0.3 is 0 Å². The molecule has 0 atom stereocenters. The monoisotopic (exact) mass is 243 g/mol. The van der Waals surface area contributed by atoms with Gasteiger partial charge in [-0.2, -0.15) is 0 Å². The molecule has 0 aliphatic rings. The molecule has 0 fully saturated rings. The second-order valence-electron chi connectivity index (χ2n) is 2.96. The standard InChI is InChI=1S/C9H14BrN3/c1-13(6-4-11)7-9-8(10)3-2-5-12-9/h2-3,5H,4,6-7,11H2,1H3. The number of pyridine rings is 1. The third-order valence-corrected chi connectivity index (χ3v) is 2.49. The molecule has 0 aliphatic heterocycles. The molecular formula is C9H14BrN3. The van der Waals surface area contributed by atoms with Gasteiger partial charge in [0.2, 0.25) is 0 Å². The molecule has 0 aliphatic carbocycles. The third kappa shape index (κ3) is 3.42. The molecule has 1 aromatic rings. The number of nitrogens with zero attached hydrogens (tertiary/aromatic N) is 2. The van der Waals surface area contributed by atoms with Gasteiger partial charge in [0.25, 0.3) is 0 Å². The Morgan fingerprint density at radius 3 is 3.00 bits per heavy atom. The first-order valence-corrected chi connectivity index (χ1v) is 5.01. The van der Waals surface area contributed by atoms with Gasteiger partial charge in [0.1, 0.15) is 0 Å². The van der Waals surface area contributed by atoms with Crippen molar-refractivity contribution < 1.29 is 0 Å². The summed E-state index contributed by atoms with van der Waals surface area (Å²) in [6.45, 7) is 2.41. The van der Waals surface area contributed by atoms with Crippen molar-refractivity contribution in [3.05, 3.63) is 28.5 Å². The minimum atomic E-state index is 0.682. The van der Waals surface area contributed by atoms with Crippen LogP contribution in [0.15, 0.2) is 22.8 Å². The minimum Gasteiger partial charge on any atom is -0.329 e. The molecule has 0 bridgehead atoms. The summed E-state index contributed by atoms with van der Waals surface area (Å²) in [5.74, 6) is 0. The lowest BCUT2D eigenvalue weighted by Crippen LogP contribution is -2.25. The number of hydrogen-bond acceptors (Lipinski definition) is 3. The zero-order valence-electron chi connectivity index (χ0n) is 7.70. The van der Waals surface area contributed by atoms with Crippen LogP contribution >= 0.6 is 15.9 Å². The van der Waals surface area contributed by atoms with E-state index in [1.807, 2.05) is 19.2 Å². The van der Waals surface area contributed by atoms with E-state index in [9.17, 15) is 0 Å². The maximum absolute atomic E-state index is 5.45. The van der Waals surface area contributed by atoms with Gasteiger partial charge in [0.05, 0.1) is 5.69 Å². The molecule has 0 unspecified atom stereocenters. The van der Waals surface area contributed by atoms with Crippen molar-refractivity contribution in [1.29, 1.82) is 0 Å². The smallest absolute Gasteiger partial charge is 0.0685 e. The van der Waals surface area contributed by atoms with Gasteiger partial charge in [-0.1, -0.05) is 0 Å². The summed E-state index contributed by atoms with van der Waals surface area (Å²) < 4.78 is 1.05. The van der Waals surface area contributed by atoms with Gasteiger partial charge in [0, 0.05) is 30.3 Å². The maximum atomic E-state index is 5.45. The van der Waals surface area contributed by atoms with Crippen LogP contribution in [-0.2, 0) is 6.54 Å². The summed E-state index contributed by atoms with van der Waals surface area (Å²) in [6, 6.07) is 3.91. The number of nitrogens with two attached hydrogens (primary N) is 1. The van der Waals surface area contributed by atoms with Crippen LogP contribution in [0.4, 0.5) is 0 Å². The second kappa shape index (κ2) is 5.32. The zero-order valence-corrected chi connectivity index (χ0v) is 9.29. The molecule has 0 spiro atoms. The Morgan fingerprint density at radius 1 is 1.62 bits per heavy atom. The lowest BCUT2D eigenvalue weighted by atomic mass is 10.3. The molecule has 1 aromatic heterocycles. The zero-order chi connectivity index (χ0) is 9.68. The van der Waals surface area contributed by atoms with Crippen LogP contribution in [0.5, 0.6) is 0 Å². The van der Waals surface area contributed by atoms with Gasteiger partial charge in [-0.25, -0.2) is 0 Å². The Labute approximate surface area is 87.1 Å². The molecule has 72 valence electrons. The van der Waals surface area contributed by atoms with E-state index in [-0.39, 0.29) is 0 Å². The fraction of sp³-hybridized carbons (Fsp3) is 0.444. The summed E-state index contributed by atoms with van der Waals surface area (Å²) in [5.41, 5.74) is 6.50. The first kappa shape index (κ1) is 10.6. The number of halogens is 1. The van der Waals surface area contributed by atoms with E-state index in [0.717, 1.165) is 23.3 Å². The molecule has 0 saturated carbocycles. The van der Waals surface area contributed by atoms with Crippen molar-refractivity contribution >= 4 is 15.9 Å². The van der Waals surface area contributed by atoms with Crippen LogP contribution in [0.1, 0.15) is 5.69 Å². The first-order chi connectivity index (χ1) is 6.24. The van der Waals surface area contributed by atoms with Crippen molar-refractivity contribution in [2.45, 2.75) is 6.54 Å². The number of likely N-dealkylation sites (N-methyl/N-ethyl adjacent to an activating group) is 1. The van der Waals surface area contributed by atoms with E-state index in [1.54, 1.807) is 6.20 Å². The van der Waals surface area contributed by atoms with Crippen LogP contribution in [0.25, 0.3) is 0 Å². The lowest BCUT2D eigenvalue weighted by Gasteiger charge is -2.15.